The molecule has 0 amide bonds. The molecule has 1 aromatic heterocycles. The summed E-state index contributed by atoms with van der Waals surface area (Å²) in [4.78, 5) is 0. The first-order valence-electron chi connectivity index (χ1n) is 4.48. The van der Waals surface area contributed by atoms with Gasteiger partial charge in [0.15, 0.2) is 5.82 Å². The Morgan fingerprint density at radius 3 is 2.87 bits per heavy atom. The molecule has 0 aromatic carbocycles. The molecule has 6 nitrogen and oxygen atoms in total. The van der Waals surface area contributed by atoms with Gasteiger partial charge in [0.25, 0.3) is 0 Å². The summed E-state index contributed by atoms with van der Waals surface area (Å²) in [7, 11) is -1.70. The van der Waals surface area contributed by atoms with Crippen LogP contribution in [0.4, 0.5) is 5.82 Å². The number of nitriles is 1. The first kappa shape index (κ1) is 9.98. The number of rotatable bonds is 3. The molecule has 0 atom stereocenters. The van der Waals surface area contributed by atoms with Crippen LogP contribution in [0.5, 0.6) is 0 Å². The van der Waals surface area contributed by atoms with Gasteiger partial charge in [0, 0.05) is 13.2 Å². The molecule has 2 rings (SSSR count). The molecule has 1 aliphatic rings. The maximum absolute atomic E-state index is 11.6. The predicted molar refractivity (Wildman–Crippen MR) is 53.5 cm³/mol. The SMILES string of the molecule is Cn1cc(C#N)c(NS(=O)(=O)C2CC2)n1. The van der Waals surface area contributed by atoms with Crippen molar-refractivity contribution >= 4 is 15.8 Å². The van der Waals surface area contributed by atoms with Crippen molar-refractivity contribution in [3.63, 3.8) is 0 Å². The summed E-state index contributed by atoms with van der Waals surface area (Å²) in [5, 5.41) is 12.3. The Hall–Kier alpha value is -1.55. The van der Waals surface area contributed by atoms with Crippen molar-refractivity contribution in [1.82, 2.24) is 9.78 Å². The molecule has 0 spiro atoms. The average molecular weight is 226 g/mol. The van der Waals surface area contributed by atoms with Gasteiger partial charge in [0.1, 0.15) is 11.6 Å². The molecule has 0 saturated heterocycles. The molecule has 1 fully saturated rings. The third-order valence-electron chi connectivity index (χ3n) is 2.15. The standard InChI is InChI=1S/C8H10N4O2S/c1-12-5-6(4-9)8(10-12)11-15(13,14)7-2-3-7/h5,7H,2-3H2,1H3,(H,10,11). The van der Waals surface area contributed by atoms with Crippen molar-refractivity contribution < 1.29 is 8.42 Å². The second-order valence-corrected chi connectivity index (χ2v) is 5.48. The second kappa shape index (κ2) is 3.24. The molecule has 0 radical (unpaired) electrons. The fourth-order valence-corrected chi connectivity index (χ4v) is 2.59. The van der Waals surface area contributed by atoms with Crippen molar-refractivity contribution in [3.05, 3.63) is 11.8 Å². The molecule has 15 heavy (non-hydrogen) atoms. The fraction of sp³-hybridized carbons (Fsp3) is 0.500. The lowest BCUT2D eigenvalue weighted by Crippen LogP contribution is -2.18. The zero-order valence-corrected chi connectivity index (χ0v) is 8.95. The van der Waals surface area contributed by atoms with Gasteiger partial charge in [-0.2, -0.15) is 10.4 Å². The molecular formula is C8H10N4O2S. The Labute approximate surface area is 87.6 Å². The van der Waals surface area contributed by atoms with Gasteiger partial charge in [-0.3, -0.25) is 9.40 Å². The van der Waals surface area contributed by atoms with Crippen LogP contribution in [0.25, 0.3) is 0 Å². The highest BCUT2D eigenvalue weighted by Crippen LogP contribution is 2.29. The molecule has 1 aromatic rings. The number of nitrogens with zero attached hydrogens (tertiary/aromatic N) is 3. The minimum atomic E-state index is -3.34. The number of aryl methyl sites for hydroxylation is 1. The van der Waals surface area contributed by atoms with Gasteiger partial charge in [0.2, 0.25) is 10.0 Å². The first-order chi connectivity index (χ1) is 7.03. The summed E-state index contributed by atoms with van der Waals surface area (Å²) >= 11 is 0. The lowest BCUT2D eigenvalue weighted by Gasteiger charge is -2.02. The van der Waals surface area contributed by atoms with Crippen LogP contribution >= 0.6 is 0 Å². The lowest BCUT2D eigenvalue weighted by atomic mass is 10.4. The quantitative estimate of drug-likeness (QED) is 0.797. The van der Waals surface area contributed by atoms with E-state index in [0.29, 0.717) is 12.8 Å². The van der Waals surface area contributed by atoms with E-state index in [-0.39, 0.29) is 16.6 Å². The van der Waals surface area contributed by atoms with Gasteiger partial charge in [-0.05, 0) is 12.8 Å². The Balaban J connectivity index is 2.28. The molecule has 80 valence electrons. The van der Waals surface area contributed by atoms with Crippen LogP contribution in [0, 0.1) is 11.3 Å². The maximum Gasteiger partial charge on any atom is 0.236 e. The largest absolute Gasteiger partial charge is 0.272 e. The zero-order valence-electron chi connectivity index (χ0n) is 8.14. The zero-order chi connectivity index (χ0) is 11.1. The second-order valence-electron chi connectivity index (χ2n) is 3.52. The van der Waals surface area contributed by atoms with E-state index in [1.54, 1.807) is 7.05 Å². The molecular weight excluding hydrogens is 216 g/mol. The van der Waals surface area contributed by atoms with Crippen LogP contribution < -0.4 is 4.72 Å². The van der Waals surface area contributed by atoms with Crippen molar-refractivity contribution in [2.24, 2.45) is 7.05 Å². The third-order valence-corrected chi connectivity index (χ3v) is 3.98. The number of nitrogens with one attached hydrogen (secondary N) is 1. The van der Waals surface area contributed by atoms with Crippen molar-refractivity contribution in [2.45, 2.75) is 18.1 Å². The van der Waals surface area contributed by atoms with Crippen LogP contribution in [-0.4, -0.2) is 23.4 Å². The predicted octanol–water partition coefficient (Wildman–Crippen LogP) is 0.196. The molecule has 0 bridgehead atoms. The smallest absolute Gasteiger partial charge is 0.236 e. The van der Waals surface area contributed by atoms with E-state index in [0.717, 1.165) is 0 Å². The topological polar surface area (TPSA) is 87.8 Å². The summed E-state index contributed by atoms with van der Waals surface area (Å²) in [5.41, 5.74) is 0.238. The van der Waals surface area contributed by atoms with Gasteiger partial charge in [-0.1, -0.05) is 0 Å². The van der Waals surface area contributed by atoms with Gasteiger partial charge in [-0.25, -0.2) is 8.42 Å². The highest BCUT2D eigenvalue weighted by Gasteiger charge is 2.36. The van der Waals surface area contributed by atoms with Gasteiger partial charge in [0.05, 0.1) is 5.25 Å². The van der Waals surface area contributed by atoms with E-state index in [4.69, 9.17) is 5.26 Å². The van der Waals surface area contributed by atoms with E-state index in [1.807, 2.05) is 6.07 Å². The van der Waals surface area contributed by atoms with Gasteiger partial charge in [-0.15, -0.1) is 0 Å². The number of aromatic nitrogens is 2. The van der Waals surface area contributed by atoms with Crippen molar-refractivity contribution in [3.8, 4) is 6.07 Å². The maximum atomic E-state index is 11.6. The van der Waals surface area contributed by atoms with Crippen molar-refractivity contribution in [2.75, 3.05) is 4.72 Å². The normalized spacial score (nSPS) is 16.0. The molecule has 1 heterocycles. The Kier molecular flexibility index (Phi) is 2.16. The van der Waals surface area contributed by atoms with Gasteiger partial charge < -0.3 is 0 Å². The first-order valence-corrected chi connectivity index (χ1v) is 6.03. The van der Waals surface area contributed by atoms with Gasteiger partial charge >= 0.3 is 0 Å². The highest BCUT2D eigenvalue weighted by molar-refractivity contribution is 7.93. The molecule has 0 unspecified atom stereocenters. The van der Waals surface area contributed by atoms with Crippen LogP contribution in [0.1, 0.15) is 18.4 Å². The number of hydrogen-bond donors (Lipinski definition) is 1. The van der Waals surface area contributed by atoms with E-state index in [9.17, 15) is 8.42 Å². The van der Waals surface area contributed by atoms with Crippen LogP contribution in [-0.2, 0) is 17.1 Å². The van der Waals surface area contributed by atoms with Crippen LogP contribution in [0.3, 0.4) is 0 Å². The summed E-state index contributed by atoms with van der Waals surface area (Å²) in [6.07, 6.45) is 2.85. The van der Waals surface area contributed by atoms with E-state index >= 15 is 0 Å². The monoisotopic (exact) mass is 226 g/mol. The highest BCUT2D eigenvalue weighted by atomic mass is 32.2. The Morgan fingerprint density at radius 2 is 2.33 bits per heavy atom. The Bertz CT molecular complexity index is 521. The van der Waals surface area contributed by atoms with E-state index in [1.165, 1.54) is 10.9 Å². The van der Waals surface area contributed by atoms with E-state index in [2.05, 4.69) is 9.82 Å². The lowest BCUT2D eigenvalue weighted by molar-refractivity contribution is 0.599. The summed E-state index contributed by atoms with van der Waals surface area (Å²) in [6, 6.07) is 1.89. The molecule has 1 saturated carbocycles. The number of hydrogen-bond acceptors (Lipinski definition) is 4. The Morgan fingerprint density at radius 1 is 1.67 bits per heavy atom. The average Bonchev–Trinajstić information content (AvgIpc) is 2.92. The molecule has 7 heteroatoms. The molecule has 1 N–H and O–H groups in total. The minimum Gasteiger partial charge on any atom is -0.272 e. The third kappa shape index (κ3) is 1.94. The summed E-state index contributed by atoms with van der Waals surface area (Å²) in [5.74, 6) is 0.118. The summed E-state index contributed by atoms with van der Waals surface area (Å²) < 4.78 is 26.9. The summed E-state index contributed by atoms with van der Waals surface area (Å²) in [6.45, 7) is 0. The van der Waals surface area contributed by atoms with Crippen molar-refractivity contribution in [1.29, 1.82) is 5.26 Å². The van der Waals surface area contributed by atoms with E-state index < -0.39 is 10.0 Å². The number of sulfonamides is 1. The van der Waals surface area contributed by atoms with Crippen LogP contribution in [0.2, 0.25) is 0 Å². The molecule has 1 aliphatic carbocycles. The number of anilines is 1. The molecule has 0 aliphatic heterocycles. The fourth-order valence-electron chi connectivity index (χ4n) is 1.24. The van der Waals surface area contributed by atoms with Crippen LogP contribution in [0.15, 0.2) is 6.20 Å². The minimum absolute atomic E-state index is 0.118.